The van der Waals surface area contributed by atoms with Crippen LogP contribution in [0.1, 0.15) is 61.3 Å². The summed E-state index contributed by atoms with van der Waals surface area (Å²) in [5, 5.41) is 14.7. The maximum atomic E-state index is 13.6. The Morgan fingerprint density at radius 1 is 0.972 bits per heavy atom. The molecule has 4 rings (SSSR count). The zero-order chi connectivity index (χ0) is 25.8. The van der Waals surface area contributed by atoms with Crippen LogP contribution in [0.5, 0.6) is 5.75 Å². The van der Waals surface area contributed by atoms with Gasteiger partial charge in [-0.05, 0) is 30.9 Å². The Bertz CT molecular complexity index is 1190. The maximum Gasteiger partial charge on any atom is 0.313 e. The van der Waals surface area contributed by atoms with Crippen molar-refractivity contribution in [3.05, 3.63) is 93.9 Å². The van der Waals surface area contributed by atoms with Gasteiger partial charge >= 0.3 is 6.48 Å². The van der Waals surface area contributed by atoms with Crippen molar-refractivity contribution in [3.63, 3.8) is 0 Å². The molecule has 8 heteroatoms. The second-order valence-corrected chi connectivity index (χ2v) is 9.70. The Balaban J connectivity index is 1.87. The summed E-state index contributed by atoms with van der Waals surface area (Å²) in [5.74, 6) is -0.653. The molecule has 1 aromatic heterocycles. The SMILES string of the molecule is CC(C)COC(O)Oc1c2n(ncc1=O)C(C(c1ccccc1)c1ccccc1)CN(C(C)C)C2=O. The standard InChI is InChI=1S/C28H33N3O5/c1-18(2)17-35-28(34)36-26-23(32)15-29-31-22(16-30(19(3)4)27(33)25(26)31)24(20-11-7-5-8-12-20)21-13-9-6-10-14-21/h5-15,18-19,22,24,28,34H,16-17H2,1-4H3. The predicted molar refractivity (Wildman–Crippen MR) is 136 cm³/mol. The smallest absolute Gasteiger partial charge is 0.313 e. The van der Waals surface area contributed by atoms with E-state index in [1.165, 1.54) is 0 Å². The molecule has 2 atom stereocenters. The molecule has 1 aliphatic heterocycles. The van der Waals surface area contributed by atoms with Crippen molar-refractivity contribution in [2.75, 3.05) is 13.2 Å². The molecule has 0 radical (unpaired) electrons. The third-order valence-electron chi connectivity index (χ3n) is 6.24. The van der Waals surface area contributed by atoms with Crippen molar-refractivity contribution in [1.82, 2.24) is 14.7 Å². The molecule has 1 N–H and O–H groups in total. The Morgan fingerprint density at radius 2 is 1.56 bits per heavy atom. The lowest BCUT2D eigenvalue weighted by atomic mass is 9.83. The summed E-state index contributed by atoms with van der Waals surface area (Å²) in [6, 6.07) is 19.6. The highest BCUT2D eigenvalue weighted by molar-refractivity contribution is 5.96. The molecule has 0 spiro atoms. The number of ether oxygens (including phenoxy) is 2. The van der Waals surface area contributed by atoms with Gasteiger partial charge in [0.1, 0.15) is 0 Å². The lowest BCUT2D eigenvalue weighted by Gasteiger charge is -2.41. The fraction of sp³-hybridized carbons (Fsp3) is 0.393. The van der Waals surface area contributed by atoms with Crippen LogP contribution in [-0.4, -0.2) is 51.4 Å². The molecular formula is C28H33N3O5. The van der Waals surface area contributed by atoms with Gasteiger partial charge in [0.05, 0.1) is 18.8 Å². The van der Waals surface area contributed by atoms with Gasteiger partial charge in [-0.2, -0.15) is 5.10 Å². The lowest BCUT2D eigenvalue weighted by molar-refractivity contribution is -0.221. The summed E-state index contributed by atoms with van der Waals surface area (Å²) < 4.78 is 12.4. The average molecular weight is 492 g/mol. The number of aliphatic hydroxyl groups is 1. The van der Waals surface area contributed by atoms with Crippen LogP contribution in [0.4, 0.5) is 0 Å². The zero-order valence-electron chi connectivity index (χ0n) is 21.1. The van der Waals surface area contributed by atoms with Crippen molar-refractivity contribution < 1.29 is 19.4 Å². The second-order valence-electron chi connectivity index (χ2n) is 9.70. The molecule has 0 bridgehead atoms. The topological polar surface area (TPSA) is 93.9 Å². The Labute approximate surface area is 211 Å². The fourth-order valence-electron chi connectivity index (χ4n) is 4.57. The van der Waals surface area contributed by atoms with E-state index in [1.807, 2.05) is 64.1 Å². The number of carbonyl (C=O) groups excluding carboxylic acids is 1. The number of nitrogens with zero attached hydrogens (tertiary/aromatic N) is 3. The van der Waals surface area contributed by atoms with Crippen LogP contribution in [0, 0.1) is 5.92 Å². The summed E-state index contributed by atoms with van der Waals surface area (Å²) in [4.78, 5) is 28.2. The number of aliphatic hydroxyl groups excluding tert-OH is 1. The van der Waals surface area contributed by atoms with Crippen LogP contribution < -0.4 is 10.2 Å². The van der Waals surface area contributed by atoms with Gasteiger partial charge in [0, 0.05) is 18.5 Å². The van der Waals surface area contributed by atoms with E-state index in [2.05, 4.69) is 29.4 Å². The molecule has 190 valence electrons. The van der Waals surface area contributed by atoms with Gasteiger partial charge in [-0.25, -0.2) is 0 Å². The number of carbonyl (C=O) groups is 1. The zero-order valence-corrected chi connectivity index (χ0v) is 21.1. The molecule has 0 saturated heterocycles. The fourth-order valence-corrected chi connectivity index (χ4v) is 4.57. The third-order valence-corrected chi connectivity index (χ3v) is 6.24. The van der Waals surface area contributed by atoms with Gasteiger partial charge in [-0.1, -0.05) is 74.5 Å². The summed E-state index contributed by atoms with van der Waals surface area (Å²) in [5.41, 5.74) is 1.53. The van der Waals surface area contributed by atoms with Crippen molar-refractivity contribution >= 4 is 5.91 Å². The minimum Gasteiger partial charge on any atom is -0.435 e. The number of aromatic nitrogens is 2. The normalized spacial score (nSPS) is 16.5. The lowest BCUT2D eigenvalue weighted by Crippen LogP contribution is -2.50. The van der Waals surface area contributed by atoms with Crippen LogP contribution in [0.15, 0.2) is 71.7 Å². The van der Waals surface area contributed by atoms with E-state index in [0.29, 0.717) is 6.54 Å². The molecule has 1 amide bonds. The quantitative estimate of drug-likeness (QED) is 0.458. The number of hydrogen-bond donors (Lipinski definition) is 1. The molecule has 36 heavy (non-hydrogen) atoms. The highest BCUT2D eigenvalue weighted by Gasteiger charge is 2.41. The van der Waals surface area contributed by atoms with Crippen LogP contribution >= 0.6 is 0 Å². The predicted octanol–water partition coefficient (Wildman–Crippen LogP) is 3.81. The van der Waals surface area contributed by atoms with E-state index in [0.717, 1.165) is 17.3 Å². The minimum atomic E-state index is -1.69. The van der Waals surface area contributed by atoms with E-state index in [9.17, 15) is 14.7 Å². The van der Waals surface area contributed by atoms with Gasteiger partial charge in [-0.15, -0.1) is 0 Å². The monoisotopic (exact) mass is 491 g/mol. The molecule has 0 saturated carbocycles. The van der Waals surface area contributed by atoms with E-state index >= 15 is 0 Å². The number of benzene rings is 2. The number of hydrogen-bond acceptors (Lipinski definition) is 6. The van der Waals surface area contributed by atoms with Gasteiger partial charge in [-0.3, -0.25) is 14.3 Å². The van der Waals surface area contributed by atoms with Crippen LogP contribution in [0.25, 0.3) is 0 Å². The van der Waals surface area contributed by atoms with Gasteiger partial charge < -0.3 is 19.5 Å². The van der Waals surface area contributed by atoms with E-state index in [4.69, 9.17) is 9.47 Å². The minimum absolute atomic E-state index is 0.0107. The van der Waals surface area contributed by atoms with Gasteiger partial charge in [0.25, 0.3) is 5.91 Å². The summed E-state index contributed by atoms with van der Waals surface area (Å²) in [6.45, 7) is 6.65. The average Bonchev–Trinajstić information content (AvgIpc) is 2.86. The molecule has 2 heterocycles. The van der Waals surface area contributed by atoms with E-state index < -0.39 is 11.9 Å². The van der Waals surface area contributed by atoms with Crippen LogP contribution in [0.2, 0.25) is 0 Å². The molecule has 2 aromatic carbocycles. The first-order valence-electron chi connectivity index (χ1n) is 12.3. The summed E-state index contributed by atoms with van der Waals surface area (Å²) in [6.07, 6.45) is 1.13. The molecule has 0 aliphatic carbocycles. The number of amides is 1. The third kappa shape index (κ3) is 5.34. The largest absolute Gasteiger partial charge is 0.435 e. The first-order valence-corrected chi connectivity index (χ1v) is 12.3. The molecule has 3 aromatic rings. The van der Waals surface area contributed by atoms with E-state index in [-0.39, 0.29) is 47.9 Å². The molecule has 0 fully saturated rings. The van der Waals surface area contributed by atoms with Crippen molar-refractivity contribution in [2.45, 2.75) is 52.2 Å². The highest BCUT2D eigenvalue weighted by atomic mass is 16.8. The molecular weight excluding hydrogens is 458 g/mol. The molecule has 2 unspecified atom stereocenters. The van der Waals surface area contributed by atoms with Crippen molar-refractivity contribution in [3.8, 4) is 5.75 Å². The first kappa shape index (κ1) is 25.6. The number of fused-ring (bicyclic) bond motifs is 1. The summed E-state index contributed by atoms with van der Waals surface area (Å²) >= 11 is 0. The Hall–Kier alpha value is -3.49. The molecule has 1 aliphatic rings. The van der Waals surface area contributed by atoms with Gasteiger partial charge in [0.2, 0.25) is 11.2 Å². The van der Waals surface area contributed by atoms with Crippen molar-refractivity contribution in [1.29, 1.82) is 0 Å². The molecule has 8 nitrogen and oxygen atoms in total. The number of rotatable bonds is 9. The van der Waals surface area contributed by atoms with Gasteiger partial charge in [0.15, 0.2) is 5.69 Å². The van der Waals surface area contributed by atoms with Crippen LogP contribution in [0.3, 0.4) is 0 Å². The maximum absolute atomic E-state index is 13.6. The second kappa shape index (κ2) is 11.1. The highest BCUT2D eigenvalue weighted by Crippen LogP contribution is 2.39. The Kier molecular flexibility index (Phi) is 7.86. The Morgan fingerprint density at radius 3 is 2.08 bits per heavy atom. The van der Waals surface area contributed by atoms with Crippen LogP contribution in [-0.2, 0) is 4.74 Å². The van der Waals surface area contributed by atoms with Crippen molar-refractivity contribution in [2.24, 2.45) is 5.92 Å². The first-order chi connectivity index (χ1) is 17.3. The van der Waals surface area contributed by atoms with E-state index in [1.54, 1.807) is 9.58 Å². The summed E-state index contributed by atoms with van der Waals surface area (Å²) in [7, 11) is 0.